The smallest absolute Gasteiger partial charge is 0.358 e. The average molecular weight is 266 g/mol. The van der Waals surface area contributed by atoms with Crippen LogP contribution in [0.25, 0.3) is 0 Å². The Morgan fingerprint density at radius 3 is 3.06 bits per heavy atom. The lowest BCUT2D eigenvalue weighted by atomic mass is 10.4. The molecule has 1 saturated carbocycles. The number of imidazole rings is 1. The zero-order valence-corrected chi connectivity index (χ0v) is 10.3. The molecule has 2 aromatic rings. The lowest BCUT2D eigenvalue weighted by Gasteiger charge is -1.97. The van der Waals surface area contributed by atoms with Crippen LogP contribution < -0.4 is 0 Å². The van der Waals surface area contributed by atoms with Gasteiger partial charge in [-0.05, 0) is 34.5 Å². The van der Waals surface area contributed by atoms with Crippen LogP contribution in [0.1, 0.15) is 24.6 Å². The molecule has 2 aromatic heterocycles. The van der Waals surface area contributed by atoms with E-state index in [2.05, 4.69) is 20.2 Å². The SMILES string of the molecule is Cn1cnc([N+](=O)[O-])c1Sc1n[nH]c(C2CC2)n1. The van der Waals surface area contributed by atoms with Gasteiger partial charge in [-0.3, -0.25) is 5.10 Å². The van der Waals surface area contributed by atoms with Crippen molar-refractivity contribution in [2.75, 3.05) is 0 Å². The molecule has 0 bridgehead atoms. The van der Waals surface area contributed by atoms with Gasteiger partial charge in [-0.2, -0.15) is 0 Å². The Labute approximate surface area is 106 Å². The molecule has 0 spiro atoms. The first-order chi connectivity index (χ1) is 8.65. The molecular weight excluding hydrogens is 256 g/mol. The van der Waals surface area contributed by atoms with Gasteiger partial charge < -0.3 is 14.7 Å². The van der Waals surface area contributed by atoms with E-state index in [4.69, 9.17) is 0 Å². The molecule has 18 heavy (non-hydrogen) atoms. The summed E-state index contributed by atoms with van der Waals surface area (Å²) >= 11 is 1.15. The molecule has 9 heteroatoms. The van der Waals surface area contributed by atoms with Gasteiger partial charge in [-0.15, -0.1) is 5.10 Å². The molecule has 0 atom stereocenters. The molecule has 1 N–H and O–H groups in total. The topological polar surface area (TPSA) is 103 Å². The van der Waals surface area contributed by atoms with Gasteiger partial charge in [0.1, 0.15) is 5.82 Å². The molecule has 94 valence electrons. The van der Waals surface area contributed by atoms with Gasteiger partial charge in [0.15, 0.2) is 5.03 Å². The van der Waals surface area contributed by atoms with Crippen LogP contribution in [-0.4, -0.2) is 29.7 Å². The highest BCUT2D eigenvalue weighted by Crippen LogP contribution is 2.39. The Morgan fingerprint density at radius 1 is 1.61 bits per heavy atom. The molecule has 0 aliphatic heterocycles. The highest BCUT2D eigenvalue weighted by molar-refractivity contribution is 7.99. The number of aromatic nitrogens is 5. The number of H-pyrrole nitrogens is 1. The van der Waals surface area contributed by atoms with E-state index in [-0.39, 0.29) is 5.82 Å². The fourth-order valence-electron chi connectivity index (χ4n) is 1.58. The Bertz CT molecular complexity index is 602. The maximum atomic E-state index is 10.8. The number of aryl methyl sites for hydroxylation is 1. The number of hydrogen-bond acceptors (Lipinski definition) is 6. The number of hydrogen-bond donors (Lipinski definition) is 1. The minimum atomic E-state index is -0.503. The molecule has 1 fully saturated rings. The van der Waals surface area contributed by atoms with Crippen molar-refractivity contribution in [3.8, 4) is 0 Å². The van der Waals surface area contributed by atoms with E-state index in [9.17, 15) is 10.1 Å². The van der Waals surface area contributed by atoms with Crippen LogP contribution in [0.15, 0.2) is 16.5 Å². The highest BCUT2D eigenvalue weighted by Gasteiger charge is 2.28. The van der Waals surface area contributed by atoms with Gasteiger partial charge in [0.2, 0.25) is 11.5 Å². The van der Waals surface area contributed by atoms with Gasteiger partial charge in [0.25, 0.3) is 0 Å². The van der Waals surface area contributed by atoms with Gasteiger partial charge in [-0.1, -0.05) is 0 Å². The van der Waals surface area contributed by atoms with E-state index < -0.39 is 4.92 Å². The standard InChI is InChI=1S/C9H10N6O2S/c1-14-4-10-7(15(16)17)8(14)18-9-11-6(12-13-9)5-2-3-5/h4-5H,2-3H2,1H3,(H,11,12,13). The van der Waals surface area contributed by atoms with E-state index in [0.29, 0.717) is 16.1 Å². The van der Waals surface area contributed by atoms with Crippen LogP contribution in [0.2, 0.25) is 0 Å². The number of nitrogens with zero attached hydrogens (tertiary/aromatic N) is 5. The molecule has 0 aromatic carbocycles. The maximum Gasteiger partial charge on any atom is 0.396 e. The Kier molecular flexibility index (Phi) is 2.54. The summed E-state index contributed by atoms with van der Waals surface area (Å²) in [7, 11) is 1.71. The fraction of sp³-hybridized carbons (Fsp3) is 0.444. The third-order valence-electron chi connectivity index (χ3n) is 2.67. The van der Waals surface area contributed by atoms with Gasteiger partial charge in [-0.25, -0.2) is 4.98 Å². The summed E-state index contributed by atoms with van der Waals surface area (Å²) in [5, 5.41) is 18.7. The minimum Gasteiger partial charge on any atom is -0.358 e. The first-order valence-electron chi connectivity index (χ1n) is 5.41. The quantitative estimate of drug-likeness (QED) is 0.664. The summed E-state index contributed by atoms with van der Waals surface area (Å²) < 4.78 is 1.59. The molecule has 2 heterocycles. The predicted octanol–water partition coefficient (Wildman–Crippen LogP) is 1.47. The van der Waals surface area contributed by atoms with Crippen molar-refractivity contribution in [3.63, 3.8) is 0 Å². The molecule has 8 nitrogen and oxygen atoms in total. The van der Waals surface area contributed by atoms with E-state index in [1.807, 2.05) is 0 Å². The lowest BCUT2D eigenvalue weighted by Crippen LogP contribution is -1.93. The lowest BCUT2D eigenvalue weighted by molar-refractivity contribution is -0.392. The van der Waals surface area contributed by atoms with Crippen LogP contribution in [0, 0.1) is 10.1 Å². The van der Waals surface area contributed by atoms with Crippen LogP contribution in [0.4, 0.5) is 5.82 Å². The molecule has 0 amide bonds. The summed E-state index contributed by atoms with van der Waals surface area (Å²) in [5.74, 6) is 1.18. The molecule has 1 aliphatic rings. The second-order valence-electron chi connectivity index (χ2n) is 4.12. The monoisotopic (exact) mass is 266 g/mol. The Morgan fingerprint density at radius 2 is 2.39 bits per heavy atom. The van der Waals surface area contributed by atoms with Crippen molar-refractivity contribution in [1.29, 1.82) is 0 Å². The largest absolute Gasteiger partial charge is 0.396 e. The third-order valence-corrected chi connectivity index (χ3v) is 3.70. The number of aromatic amines is 1. The summed E-state index contributed by atoms with van der Waals surface area (Å²) in [5.41, 5.74) is 0. The van der Waals surface area contributed by atoms with E-state index in [1.54, 1.807) is 11.6 Å². The van der Waals surface area contributed by atoms with Gasteiger partial charge in [0, 0.05) is 13.0 Å². The Hall–Kier alpha value is -1.90. The van der Waals surface area contributed by atoms with Crippen LogP contribution in [0.3, 0.4) is 0 Å². The van der Waals surface area contributed by atoms with Gasteiger partial charge in [0.05, 0.1) is 0 Å². The van der Waals surface area contributed by atoms with Crippen molar-refractivity contribution >= 4 is 17.6 Å². The average Bonchev–Trinajstić information content (AvgIpc) is 2.97. The number of rotatable bonds is 4. The molecule has 3 rings (SSSR count). The van der Waals surface area contributed by atoms with Crippen molar-refractivity contribution in [2.24, 2.45) is 7.05 Å². The third kappa shape index (κ3) is 1.96. The highest BCUT2D eigenvalue weighted by atomic mass is 32.2. The summed E-state index contributed by atoms with van der Waals surface area (Å²) in [6.45, 7) is 0. The van der Waals surface area contributed by atoms with Crippen molar-refractivity contribution in [3.05, 3.63) is 22.3 Å². The van der Waals surface area contributed by atoms with Crippen LogP contribution in [-0.2, 0) is 7.05 Å². The normalized spacial score (nSPS) is 14.9. The summed E-state index contributed by atoms with van der Waals surface area (Å²) in [4.78, 5) is 18.4. The summed E-state index contributed by atoms with van der Waals surface area (Å²) in [6.07, 6.45) is 3.67. The second-order valence-corrected chi connectivity index (χ2v) is 5.08. The predicted molar refractivity (Wildman–Crippen MR) is 62.3 cm³/mol. The van der Waals surface area contributed by atoms with Crippen molar-refractivity contribution in [2.45, 2.75) is 28.9 Å². The molecule has 0 unspecified atom stereocenters. The molecule has 1 aliphatic carbocycles. The number of nitro groups is 1. The van der Waals surface area contributed by atoms with Gasteiger partial charge >= 0.3 is 5.82 Å². The Balaban J connectivity index is 1.86. The zero-order valence-electron chi connectivity index (χ0n) is 9.53. The van der Waals surface area contributed by atoms with Crippen molar-refractivity contribution < 1.29 is 4.92 Å². The van der Waals surface area contributed by atoms with Crippen molar-refractivity contribution in [1.82, 2.24) is 24.7 Å². The molecular formula is C9H10N6O2S. The van der Waals surface area contributed by atoms with E-state index in [1.165, 1.54) is 6.33 Å². The first kappa shape index (κ1) is 11.2. The second kappa shape index (κ2) is 4.09. The van der Waals surface area contributed by atoms with Crippen LogP contribution >= 0.6 is 11.8 Å². The van der Waals surface area contributed by atoms with Crippen LogP contribution in [0.5, 0.6) is 0 Å². The zero-order chi connectivity index (χ0) is 12.7. The first-order valence-corrected chi connectivity index (χ1v) is 6.22. The van der Waals surface area contributed by atoms with E-state index in [0.717, 1.165) is 30.4 Å². The molecule has 0 saturated heterocycles. The minimum absolute atomic E-state index is 0.166. The molecule has 0 radical (unpaired) electrons. The number of nitrogens with one attached hydrogen (secondary N) is 1. The summed E-state index contributed by atoms with van der Waals surface area (Å²) in [6, 6.07) is 0. The van der Waals surface area contributed by atoms with E-state index >= 15 is 0 Å². The maximum absolute atomic E-state index is 10.8. The fourth-order valence-corrected chi connectivity index (χ4v) is 2.40.